The molecule has 0 radical (unpaired) electrons. The summed E-state index contributed by atoms with van der Waals surface area (Å²) in [6.07, 6.45) is 7.23. The van der Waals surface area contributed by atoms with Crippen molar-refractivity contribution in [3.05, 3.63) is 0 Å². The molecule has 1 amide bonds. The molecule has 0 N–H and O–H groups in total. The van der Waals surface area contributed by atoms with Gasteiger partial charge >= 0.3 is 0 Å². The first-order chi connectivity index (χ1) is 8.38. The molecule has 1 aliphatic heterocycles. The number of amides is 1. The van der Waals surface area contributed by atoms with Crippen molar-refractivity contribution in [1.82, 2.24) is 4.90 Å². The molecule has 4 nitrogen and oxygen atoms in total. The molecular weight excluding hydrogens is 250 g/mol. The van der Waals surface area contributed by atoms with E-state index in [4.69, 9.17) is 0 Å². The van der Waals surface area contributed by atoms with Crippen molar-refractivity contribution in [2.24, 2.45) is 5.92 Å². The highest BCUT2D eigenvalue weighted by Crippen LogP contribution is 2.39. The third kappa shape index (κ3) is 3.05. The van der Waals surface area contributed by atoms with Gasteiger partial charge in [-0.25, -0.2) is 8.42 Å². The second kappa shape index (κ2) is 5.19. The molecule has 3 unspecified atom stereocenters. The Bertz CT molecular complexity index is 418. The summed E-state index contributed by atoms with van der Waals surface area (Å²) in [6, 6.07) is 0.658. The Kier molecular flexibility index (Phi) is 3.99. The Morgan fingerprint density at radius 1 is 1.28 bits per heavy atom. The van der Waals surface area contributed by atoms with Crippen LogP contribution in [0.25, 0.3) is 0 Å². The summed E-state index contributed by atoms with van der Waals surface area (Å²) in [6.45, 7) is 2.09. The van der Waals surface area contributed by atoms with Gasteiger partial charge in [0.05, 0.1) is 5.75 Å². The summed E-state index contributed by atoms with van der Waals surface area (Å²) in [5.74, 6) is 0.658. The van der Waals surface area contributed by atoms with Crippen LogP contribution in [0.4, 0.5) is 0 Å². The van der Waals surface area contributed by atoms with Gasteiger partial charge in [0.25, 0.3) is 0 Å². The highest BCUT2D eigenvalue weighted by atomic mass is 32.2. The molecule has 5 heteroatoms. The highest BCUT2D eigenvalue weighted by Gasteiger charge is 2.42. The first-order valence-corrected chi connectivity index (χ1v) is 8.93. The number of hydrogen-bond acceptors (Lipinski definition) is 3. The van der Waals surface area contributed by atoms with E-state index in [0.717, 1.165) is 12.8 Å². The van der Waals surface area contributed by atoms with Gasteiger partial charge in [0.2, 0.25) is 5.91 Å². The quantitative estimate of drug-likeness (QED) is 0.785. The zero-order valence-corrected chi connectivity index (χ0v) is 12.1. The molecule has 1 aliphatic carbocycles. The first-order valence-electron chi connectivity index (χ1n) is 6.87. The summed E-state index contributed by atoms with van der Waals surface area (Å²) < 4.78 is 22.3. The largest absolute Gasteiger partial charge is 0.337 e. The highest BCUT2D eigenvalue weighted by molar-refractivity contribution is 7.90. The lowest BCUT2D eigenvalue weighted by Gasteiger charge is -2.33. The molecule has 18 heavy (non-hydrogen) atoms. The lowest BCUT2D eigenvalue weighted by molar-refractivity contribution is -0.134. The predicted molar refractivity (Wildman–Crippen MR) is 71.0 cm³/mol. The fourth-order valence-corrected chi connectivity index (χ4v) is 4.09. The lowest BCUT2D eigenvalue weighted by Crippen LogP contribution is -2.42. The SMILES string of the molecule is CC1CC2CCCCC2N1C(=O)CCS(C)(=O)=O. The molecule has 0 aromatic carbocycles. The fraction of sp³-hybridized carbons (Fsp3) is 0.923. The maximum absolute atomic E-state index is 12.2. The standard InChI is InChI=1S/C13H23NO3S/c1-10-9-11-5-3-4-6-12(11)14(10)13(15)7-8-18(2,16)17/h10-12H,3-9H2,1-2H3. The van der Waals surface area contributed by atoms with Gasteiger partial charge in [-0.05, 0) is 32.1 Å². The Balaban J connectivity index is 2.00. The van der Waals surface area contributed by atoms with Crippen LogP contribution in [0, 0.1) is 5.92 Å². The summed E-state index contributed by atoms with van der Waals surface area (Å²) in [5, 5.41) is 0. The zero-order valence-electron chi connectivity index (χ0n) is 11.3. The van der Waals surface area contributed by atoms with Crippen molar-refractivity contribution < 1.29 is 13.2 Å². The van der Waals surface area contributed by atoms with Crippen molar-refractivity contribution in [2.45, 2.75) is 57.5 Å². The Morgan fingerprint density at radius 2 is 1.94 bits per heavy atom. The second-order valence-electron chi connectivity index (χ2n) is 5.88. The molecule has 2 aliphatic rings. The maximum atomic E-state index is 12.2. The van der Waals surface area contributed by atoms with Crippen LogP contribution in [-0.2, 0) is 14.6 Å². The molecule has 104 valence electrons. The Hall–Kier alpha value is -0.580. The molecular formula is C13H23NO3S. The number of fused-ring (bicyclic) bond motifs is 1. The van der Waals surface area contributed by atoms with Crippen molar-refractivity contribution in [3.63, 3.8) is 0 Å². The van der Waals surface area contributed by atoms with Gasteiger partial charge in [0.1, 0.15) is 9.84 Å². The number of carbonyl (C=O) groups is 1. The van der Waals surface area contributed by atoms with Crippen LogP contribution in [0.15, 0.2) is 0 Å². The van der Waals surface area contributed by atoms with Crippen LogP contribution in [0.5, 0.6) is 0 Å². The molecule has 0 spiro atoms. The lowest BCUT2D eigenvalue weighted by atomic mass is 9.85. The number of sulfone groups is 1. The minimum absolute atomic E-state index is 0.0214. The average Bonchev–Trinajstić information content (AvgIpc) is 2.61. The number of rotatable bonds is 3. The van der Waals surface area contributed by atoms with E-state index in [0.29, 0.717) is 12.0 Å². The predicted octanol–water partition coefficient (Wildman–Crippen LogP) is 1.60. The van der Waals surface area contributed by atoms with Crippen molar-refractivity contribution in [2.75, 3.05) is 12.0 Å². The number of nitrogens with zero attached hydrogens (tertiary/aromatic N) is 1. The second-order valence-corrected chi connectivity index (χ2v) is 8.14. The molecule has 2 fully saturated rings. The van der Waals surface area contributed by atoms with E-state index in [2.05, 4.69) is 6.92 Å². The van der Waals surface area contributed by atoms with Gasteiger partial charge in [-0.3, -0.25) is 4.79 Å². The van der Waals surface area contributed by atoms with Crippen LogP contribution in [-0.4, -0.2) is 43.3 Å². The third-order valence-electron chi connectivity index (χ3n) is 4.32. The van der Waals surface area contributed by atoms with Crippen LogP contribution in [0.2, 0.25) is 0 Å². The number of hydrogen-bond donors (Lipinski definition) is 0. The van der Waals surface area contributed by atoms with Gasteiger partial charge in [-0.1, -0.05) is 12.8 Å². The van der Waals surface area contributed by atoms with Gasteiger partial charge in [-0.2, -0.15) is 0 Å². The molecule has 0 aromatic rings. The van der Waals surface area contributed by atoms with Crippen molar-refractivity contribution >= 4 is 15.7 Å². The van der Waals surface area contributed by atoms with E-state index in [9.17, 15) is 13.2 Å². The zero-order chi connectivity index (χ0) is 13.3. The van der Waals surface area contributed by atoms with Crippen LogP contribution < -0.4 is 0 Å². The molecule has 0 bridgehead atoms. The third-order valence-corrected chi connectivity index (χ3v) is 5.27. The van der Waals surface area contributed by atoms with E-state index in [1.54, 1.807) is 0 Å². The summed E-state index contributed by atoms with van der Waals surface area (Å²) in [7, 11) is -3.04. The Morgan fingerprint density at radius 3 is 2.61 bits per heavy atom. The number of carbonyl (C=O) groups excluding carboxylic acids is 1. The van der Waals surface area contributed by atoms with E-state index >= 15 is 0 Å². The van der Waals surface area contributed by atoms with Crippen LogP contribution >= 0.6 is 0 Å². The molecule has 1 heterocycles. The molecule has 3 atom stereocenters. The van der Waals surface area contributed by atoms with E-state index < -0.39 is 9.84 Å². The molecule has 0 aromatic heterocycles. The van der Waals surface area contributed by atoms with Gasteiger partial charge in [-0.15, -0.1) is 0 Å². The van der Waals surface area contributed by atoms with E-state index in [1.165, 1.54) is 25.5 Å². The van der Waals surface area contributed by atoms with Gasteiger partial charge in [0, 0.05) is 24.8 Å². The summed E-state index contributed by atoms with van der Waals surface area (Å²) in [4.78, 5) is 14.2. The summed E-state index contributed by atoms with van der Waals surface area (Å²) in [5.41, 5.74) is 0. The summed E-state index contributed by atoms with van der Waals surface area (Å²) >= 11 is 0. The monoisotopic (exact) mass is 273 g/mol. The van der Waals surface area contributed by atoms with Gasteiger partial charge < -0.3 is 4.90 Å². The maximum Gasteiger partial charge on any atom is 0.224 e. The molecule has 1 saturated carbocycles. The van der Waals surface area contributed by atoms with E-state index in [-0.39, 0.29) is 24.1 Å². The van der Waals surface area contributed by atoms with Gasteiger partial charge in [0.15, 0.2) is 0 Å². The molecule has 1 saturated heterocycles. The van der Waals surface area contributed by atoms with Crippen LogP contribution in [0.3, 0.4) is 0 Å². The molecule has 2 rings (SSSR count). The van der Waals surface area contributed by atoms with Crippen molar-refractivity contribution in [3.8, 4) is 0 Å². The topological polar surface area (TPSA) is 54.5 Å². The Labute approximate surface area is 110 Å². The first kappa shape index (κ1) is 13.8. The average molecular weight is 273 g/mol. The normalized spacial score (nSPS) is 32.3. The number of likely N-dealkylation sites (tertiary alicyclic amines) is 1. The minimum Gasteiger partial charge on any atom is -0.337 e. The smallest absolute Gasteiger partial charge is 0.224 e. The van der Waals surface area contributed by atoms with Crippen molar-refractivity contribution in [1.29, 1.82) is 0 Å². The van der Waals surface area contributed by atoms with Crippen LogP contribution in [0.1, 0.15) is 45.4 Å². The van der Waals surface area contributed by atoms with E-state index in [1.807, 2.05) is 4.90 Å². The fourth-order valence-electron chi connectivity index (χ4n) is 3.54. The minimum atomic E-state index is -3.04.